The molecule has 2 rings (SSSR count). The van der Waals surface area contributed by atoms with E-state index in [1.807, 2.05) is 18.2 Å². The van der Waals surface area contributed by atoms with E-state index in [2.05, 4.69) is 29.1 Å². The number of aromatic amines is 1. The summed E-state index contributed by atoms with van der Waals surface area (Å²) in [7, 11) is 0. The predicted octanol–water partition coefficient (Wildman–Crippen LogP) is 3.01. The smallest absolute Gasteiger partial charge is 0.251 e. The van der Waals surface area contributed by atoms with E-state index in [9.17, 15) is 9.59 Å². The zero-order valence-electron chi connectivity index (χ0n) is 13.6. The van der Waals surface area contributed by atoms with Gasteiger partial charge in [-0.15, -0.1) is 0 Å². The molecule has 0 aliphatic carbocycles. The predicted molar refractivity (Wildman–Crippen MR) is 94.0 cm³/mol. The number of aryl methyl sites for hydroxylation is 2. The molecule has 0 saturated heterocycles. The van der Waals surface area contributed by atoms with Crippen LogP contribution in [0.15, 0.2) is 40.4 Å². The highest BCUT2D eigenvalue weighted by atomic mass is 32.2. The summed E-state index contributed by atoms with van der Waals surface area (Å²) in [5.74, 6) is -0.0999. The van der Waals surface area contributed by atoms with Crippen LogP contribution >= 0.6 is 11.8 Å². The summed E-state index contributed by atoms with van der Waals surface area (Å²) in [4.78, 5) is 30.5. The molecule has 2 N–H and O–H groups in total. The van der Waals surface area contributed by atoms with Gasteiger partial charge in [0.25, 0.3) is 5.56 Å². The summed E-state index contributed by atoms with van der Waals surface area (Å²) in [6, 6.07) is 7.43. The molecule has 5 nitrogen and oxygen atoms in total. The standard InChI is InChI=1S/C17H21N3O2S/c1-4-12-7-6-8-13(5-2)15(12)20-16(22)11(3)23-17-18-10-9-14(21)19-17/h6-11H,4-5H2,1-3H3,(H,20,22)(H,18,19,21)/t11-/m1/s1. The fraction of sp³-hybridized carbons (Fsp3) is 0.353. The molecular weight excluding hydrogens is 310 g/mol. The molecule has 1 heterocycles. The van der Waals surface area contributed by atoms with Crippen LogP contribution in [0.1, 0.15) is 31.9 Å². The quantitative estimate of drug-likeness (QED) is 0.630. The van der Waals surface area contributed by atoms with Crippen molar-refractivity contribution < 1.29 is 4.79 Å². The van der Waals surface area contributed by atoms with E-state index in [4.69, 9.17) is 0 Å². The average Bonchev–Trinajstić information content (AvgIpc) is 2.54. The molecule has 2 aromatic rings. The first-order valence-corrected chi connectivity index (χ1v) is 8.56. The second-order valence-corrected chi connectivity index (χ2v) is 6.48. The highest BCUT2D eigenvalue weighted by Crippen LogP contribution is 2.25. The van der Waals surface area contributed by atoms with Crippen LogP contribution in [0.4, 0.5) is 5.69 Å². The Labute approximate surface area is 139 Å². The van der Waals surface area contributed by atoms with Crippen molar-refractivity contribution in [1.82, 2.24) is 9.97 Å². The van der Waals surface area contributed by atoms with E-state index in [0.717, 1.165) is 29.7 Å². The monoisotopic (exact) mass is 331 g/mol. The van der Waals surface area contributed by atoms with E-state index in [1.54, 1.807) is 6.92 Å². The molecule has 0 radical (unpaired) electrons. The minimum absolute atomic E-state index is 0.0999. The average molecular weight is 331 g/mol. The van der Waals surface area contributed by atoms with Gasteiger partial charge in [-0.3, -0.25) is 9.59 Å². The number of para-hydroxylation sites is 1. The van der Waals surface area contributed by atoms with Gasteiger partial charge in [-0.2, -0.15) is 0 Å². The second kappa shape index (κ2) is 7.97. The van der Waals surface area contributed by atoms with Gasteiger partial charge in [0.1, 0.15) is 0 Å². The lowest BCUT2D eigenvalue weighted by Gasteiger charge is -2.17. The second-order valence-electron chi connectivity index (χ2n) is 5.15. The van der Waals surface area contributed by atoms with Gasteiger partial charge in [0.15, 0.2) is 5.16 Å². The van der Waals surface area contributed by atoms with Crippen LogP contribution in [0, 0.1) is 0 Å². The number of hydrogen-bond donors (Lipinski definition) is 2. The van der Waals surface area contributed by atoms with Gasteiger partial charge in [0.05, 0.1) is 5.25 Å². The first-order chi connectivity index (χ1) is 11.0. The van der Waals surface area contributed by atoms with Crippen molar-refractivity contribution in [2.45, 2.75) is 44.0 Å². The van der Waals surface area contributed by atoms with Crippen LogP contribution in [0.2, 0.25) is 0 Å². The molecule has 23 heavy (non-hydrogen) atoms. The number of anilines is 1. The van der Waals surface area contributed by atoms with Crippen LogP contribution in [0.5, 0.6) is 0 Å². The molecule has 0 spiro atoms. The fourth-order valence-electron chi connectivity index (χ4n) is 2.26. The van der Waals surface area contributed by atoms with E-state index in [1.165, 1.54) is 24.0 Å². The lowest BCUT2D eigenvalue weighted by Crippen LogP contribution is -2.24. The lowest BCUT2D eigenvalue weighted by molar-refractivity contribution is -0.115. The molecule has 1 amide bonds. The highest BCUT2D eigenvalue weighted by Gasteiger charge is 2.18. The Kier molecular flexibility index (Phi) is 5.98. The number of benzene rings is 1. The Morgan fingerprint density at radius 2 is 1.91 bits per heavy atom. The molecule has 1 aromatic heterocycles. The number of aromatic nitrogens is 2. The molecule has 122 valence electrons. The largest absolute Gasteiger partial charge is 0.325 e. The molecule has 0 aliphatic heterocycles. The SMILES string of the molecule is CCc1cccc(CC)c1NC(=O)[C@@H](C)Sc1nccc(=O)[nH]1. The minimum atomic E-state index is -0.366. The van der Waals surface area contributed by atoms with Crippen LogP contribution in [-0.2, 0) is 17.6 Å². The van der Waals surface area contributed by atoms with Gasteiger partial charge >= 0.3 is 0 Å². The summed E-state index contributed by atoms with van der Waals surface area (Å²) in [5.41, 5.74) is 2.94. The van der Waals surface area contributed by atoms with Gasteiger partial charge in [0.2, 0.25) is 5.91 Å². The third kappa shape index (κ3) is 4.45. The van der Waals surface area contributed by atoms with Gasteiger partial charge in [-0.05, 0) is 30.9 Å². The van der Waals surface area contributed by atoms with Gasteiger partial charge in [0, 0.05) is 18.0 Å². The number of carbonyl (C=O) groups excluding carboxylic acids is 1. The highest BCUT2D eigenvalue weighted by molar-refractivity contribution is 8.00. The van der Waals surface area contributed by atoms with Crippen molar-refractivity contribution in [2.75, 3.05) is 5.32 Å². The third-order valence-electron chi connectivity index (χ3n) is 3.55. The summed E-state index contributed by atoms with van der Waals surface area (Å²) < 4.78 is 0. The Morgan fingerprint density at radius 1 is 1.26 bits per heavy atom. The van der Waals surface area contributed by atoms with E-state index < -0.39 is 0 Å². The number of amides is 1. The van der Waals surface area contributed by atoms with Crippen LogP contribution in [-0.4, -0.2) is 21.1 Å². The number of H-pyrrole nitrogens is 1. The summed E-state index contributed by atoms with van der Waals surface area (Å²) in [6.45, 7) is 5.94. The first kappa shape index (κ1) is 17.3. The number of rotatable bonds is 6. The topological polar surface area (TPSA) is 74.8 Å². The van der Waals surface area contributed by atoms with E-state index >= 15 is 0 Å². The van der Waals surface area contributed by atoms with E-state index in [-0.39, 0.29) is 16.7 Å². The van der Waals surface area contributed by atoms with Crippen molar-refractivity contribution in [3.8, 4) is 0 Å². The molecule has 0 bridgehead atoms. The molecular formula is C17H21N3O2S. The summed E-state index contributed by atoms with van der Waals surface area (Å²) in [5, 5.41) is 3.11. The van der Waals surface area contributed by atoms with Crippen LogP contribution in [0.25, 0.3) is 0 Å². The van der Waals surface area contributed by atoms with Crippen molar-refractivity contribution >= 4 is 23.4 Å². The van der Waals surface area contributed by atoms with Crippen molar-refractivity contribution in [3.63, 3.8) is 0 Å². The zero-order chi connectivity index (χ0) is 16.8. The molecule has 0 unspecified atom stereocenters. The number of carbonyl (C=O) groups is 1. The van der Waals surface area contributed by atoms with Gasteiger partial charge in [-0.25, -0.2) is 4.98 Å². The molecule has 1 aromatic carbocycles. The molecule has 0 aliphatic rings. The fourth-order valence-corrected chi connectivity index (χ4v) is 3.04. The first-order valence-electron chi connectivity index (χ1n) is 7.68. The summed E-state index contributed by atoms with van der Waals surface area (Å²) >= 11 is 1.23. The summed E-state index contributed by atoms with van der Waals surface area (Å²) in [6.07, 6.45) is 3.16. The van der Waals surface area contributed by atoms with Crippen molar-refractivity contribution in [1.29, 1.82) is 0 Å². The molecule has 1 atom stereocenters. The third-order valence-corrected chi connectivity index (χ3v) is 4.55. The van der Waals surface area contributed by atoms with Gasteiger partial charge < -0.3 is 10.3 Å². The number of nitrogens with one attached hydrogen (secondary N) is 2. The Balaban J connectivity index is 2.14. The zero-order valence-corrected chi connectivity index (χ0v) is 14.4. The Hall–Kier alpha value is -2.08. The maximum absolute atomic E-state index is 12.5. The van der Waals surface area contributed by atoms with Crippen LogP contribution < -0.4 is 10.9 Å². The number of nitrogens with zero attached hydrogens (tertiary/aromatic N) is 1. The Bertz CT molecular complexity index is 720. The van der Waals surface area contributed by atoms with Crippen molar-refractivity contribution in [2.24, 2.45) is 0 Å². The normalized spacial score (nSPS) is 12.0. The van der Waals surface area contributed by atoms with E-state index in [0.29, 0.717) is 5.16 Å². The molecule has 6 heteroatoms. The number of hydrogen-bond acceptors (Lipinski definition) is 4. The molecule has 0 fully saturated rings. The molecule has 0 saturated carbocycles. The van der Waals surface area contributed by atoms with Crippen molar-refractivity contribution in [3.05, 3.63) is 51.9 Å². The lowest BCUT2D eigenvalue weighted by atomic mass is 10.0. The maximum Gasteiger partial charge on any atom is 0.251 e. The number of thioether (sulfide) groups is 1. The minimum Gasteiger partial charge on any atom is -0.325 e. The Morgan fingerprint density at radius 3 is 2.48 bits per heavy atom. The maximum atomic E-state index is 12.5. The van der Waals surface area contributed by atoms with Crippen LogP contribution in [0.3, 0.4) is 0 Å². The van der Waals surface area contributed by atoms with Gasteiger partial charge in [-0.1, -0.05) is 43.8 Å².